The second kappa shape index (κ2) is 7.17. The number of carbonyl (C=O) groups is 2. The Morgan fingerprint density at radius 1 is 1.11 bits per heavy atom. The van der Waals surface area contributed by atoms with Gasteiger partial charge in [0.05, 0.1) is 22.5 Å². The average Bonchev–Trinajstić information content (AvgIpc) is 3.03. The predicted molar refractivity (Wildman–Crippen MR) is 99.6 cm³/mol. The Balaban J connectivity index is 1.86. The molecule has 3 aromatic rings. The number of hydrogen-bond donors (Lipinski definition) is 4. The minimum absolute atomic E-state index is 0.0730. The van der Waals surface area contributed by atoms with E-state index in [1.54, 1.807) is 12.1 Å². The lowest BCUT2D eigenvalue weighted by molar-refractivity contribution is -0.114. The summed E-state index contributed by atoms with van der Waals surface area (Å²) < 4.78 is 25.3. The van der Waals surface area contributed by atoms with Crippen molar-refractivity contribution in [3.8, 4) is 0 Å². The van der Waals surface area contributed by atoms with Crippen LogP contribution in [0.4, 0.5) is 5.69 Å². The summed E-state index contributed by atoms with van der Waals surface area (Å²) in [6.45, 7) is -0.167. The van der Waals surface area contributed by atoms with Gasteiger partial charge in [0, 0.05) is 5.69 Å². The lowest BCUT2D eigenvalue weighted by Crippen LogP contribution is -2.21. The molecule has 2 aromatic carbocycles. The highest BCUT2D eigenvalue weighted by Gasteiger charge is 2.19. The Morgan fingerprint density at radius 2 is 1.81 bits per heavy atom. The van der Waals surface area contributed by atoms with Crippen LogP contribution in [0.2, 0.25) is 0 Å². The highest BCUT2D eigenvalue weighted by molar-refractivity contribution is 7.90. The molecule has 0 aliphatic carbocycles. The number of nitrogens with zero attached hydrogens (tertiary/aromatic N) is 1. The molecule has 140 valence electrons. The van der Waals surface area contributed by atoms with E-state index in [0.29, 0.717) is 16.7 Å². The smallest absolute Gasteiger partial charge is 0.250 e. The van der Waals surface area contributed by atoms with E-state index in [0.717, 1.165) is 0 Å². The van der Waals surface area contributed by atoms with E-state index in [2.05, 4.69) is 15.3 Å². The van der Waals surface area contributed by atoms with Crippen molar-refractivity contribution >= 4 is 38.4 Å². The second-order valence-electron chi connectivity index (χ2n) is 5.79. The van der Waals surface area contributed by atoms with Crippen molar-refractivity contribution in [3.05, 3.63) is 53.9 Å². The number of H-pyrrole nitrogens is 1. The molecular formula is C17H17N5O4S. The molecule has 0 aliphatic rings. The quantitative estimate of drug-likeness (QED) is 0.482. The number of anilines is 1. The Kier molecular flexibility index (Phi) is 4.93. The molecule has 0 saturated heterocycles. The molecule has 0 atom stereocenters. The fourth-order valence-corrected chi connectivity index (χ4v) is 3.79. The van der Waals surface area contributed by atoms with Gasteiger partial charge in [-0.25, -0.2) is 13.4 Å². The maximum absolute atomic E-state index is 12.6. The fourth-order valence-electron chi connectivity index (χ4n) is 2.57. The van der Waals surface area contributed by atoms with Gasteiger partial charge >= 0.3 is 0 Å². The molecule has 1 aromatic heterocycles. The van der Waals surface area contributed by atoms with Crippen molar-refractivity contribution in [2.24, 2.45) is 11.5 Å². The van der Waals surface area contributed by atoms with E-state index in [4.69, 9.17) is 11.5 Å². The number of imidazole rings is 1. The SMILES string of the molecule is NCC(=O)Nc1ccc(S(=O)(=O)Cc2nc3c(C(N)=O)cccc3[nH]2)cc1. The maximum atomic E-state index is 12.6. The van der Waals surface area contributed by atoms with Crippen LogP contribution in [0, 0.1) is 0 Å². The van der Waals surface area contributed by atoms with Crippen LogP contribution in [-0.4, -0.2) is 36.7 Å². The molecule has 0 radical (unpaired) electrons. The van der Waals surface area contributed by atoms with E-state index < -0.39 is 15.7 Å². The van der Waals surface area contributed by atoms with Gasteiger partial charge < -0.3 is 21.8 Å². The van der Waals surface area contributed by atoms with Crippen molar-refractivity contribution in [2.75, 3.05) is 11.9 Å². The number of nitrogens with two attached hydrogens (primary N) is 2. The first-order valence-electron chi connectivity index (χ1n) is 7.90. The average molecular weight is 387 g/mol. The first-order chi connectivity index (χ1) is 12.8. The minimum atomic E-state index is -3.69. The Labute approximate surface area is 154 Å². The number of aromatic nitrogens is 2. The van der Waals surface area contributed by atoms with E-state index in [1.165, 1.54) is 30.3 Å². The number of primary amides is 1. The molecular weight excluding hydrogens is 370 g/mol. The number of carbonyl (C=O) groups excluding carboxylic acids is 2. The summed E-state index contributed by atoms with van der Waals surface area (Å²) >= 11 is 0. The fraction of sp³-hybridized carbons (Fsp3) is 0.118. The summed E-state index contributed by atoms with van der Waals surface area (Å²) in [5.74, 6) is -1.21. The second-order valence-corrected chi connectivity index (χ2v) is 7.77. The third kappa shape index (κ3) is 3.96. The van der Waals surface area contributed by atoms with Crippen molar-refractivity contribution in [3.63, 3.8) is 0 Å². The molecule has 2 amide bonds. The van der Waals surface area contributed by atoms with E-state index in [1.807, 2.05) is 0 Å². The summed E-state index contributed by atoms with van der Waals surface area (Å²) in [7, 11) is -3.69. The van der Waals surface area contributed by atoms with E-state index >= 15 is 0 Å². The van der Waals surface area contributed by atoms with Crippen LogP contribution in [0.1, 0.15) is 16.2 Å². The van der Waals surface area contributed by atoms with Crippen molar-refractivity contribution in [1.29, 1.82) is 0 Å². The van der Waals surface area contributed by atoms with Crippen LogP contribution in [0.3, 0.4) is 0 Å². The van der Waals surface area contributed by atoms with Crippen molar-refractivity contribution < 1.29 is 18.0 Å². The Hall–Kier alpha value is -3.24. The zero-order valence-electron chi connectivity index (χ0n) is 14.1. The molecule has 0 aliphatic heterocycles. The highest BCUT2D eigenvalue weighted by Crippen LogP contribution is 2.21. The number of para-hydroxylation sites is 1. The molecule has 6 N–H and O–H groups in total. The third-order valence-electron chi connectivity index (χ3n) is 3.84. The number of rotatable bonds is 6. The minimum Gasteiger partial charge on any atom is -0.366 e. The van der Waals surface area contributed by atoms with Crippen LogP contribution in [0.5, 0.6) is 0 Å². The van der Waals surface area contributed by atoms with Crippen molar-refractivity contribution in [1.82, 2.24) is 9.97 Å². The molecule has 0 fully saturated rings. The highest BCUT2D eigenvalue weighted by atomic mass is 32.2. The van der Waals surface area contributed by atoms with E-state index in [9.17, 15) is 18.0 Å². The van der Waals surface area contributed by atoms with Crippen LogP contribution in [0.25, 0.3) is 11.0 Å². The molecule has 0 bridgehead atoms. The monoisotopic (exact) mass is 387 g/mol. The van der Waals surface area contributed by atoms with Crippen LogP contribution < -0.4 is 16.8 Å². The lowest BCUT2D eigenvalue weighted by atomic mass is 10.2. The molecule has 10 heteroatoms. The summed E-state index contributed by atoms with van der Waals surface area (Å²) in [5.41, 5.74) is 12.0. The number of aromatic amines is 1. The van der Waals surface area contributed by atoms with Gasteiger partial charge in [-0.05, 0) is 36.4 Å². The number of hydrogen-bond acceptors (Lipinski definition) is 6. The van der Waals surface area contributed by atoms with Gasteiger partial charge in [-0.15, -0.1) is 0 Å². The van der Waals surface area contributed by atoms with Crippen LogP contribution >= 0.6 is 0 Å². The zero-order valence-corrected chi connectivity index (χ0v) is 14.9. The summed E-state index contributed by atoms with van der Waals surface area (Å²) in [4.78, 5) is 29.9. The van der Waals surface area contributed by atoms with Gasteiger partial charge in [0.2, 0.25) is 5.91 Å². The topological polar surface area (TPSA) is 161 Å². The third-order valence-corrected chi connectivity index (χ3v) is 5.48. The van der Waals surface area contributed by atoms with Crippen molar-refractivity contribution in [2.45, 2.75) is 10.6 Å². The van der Waals surface area contributed by atoms with Gasteiger partial charge in [0.25, 0.3) is 5.91 Å². The van der Waals surface area contributed by atoms with Gasteiger partial charge in [-0.2, -0.15) is 0 Å². The van der Waals surface area contributed by atoms with E-state index in [-0.39, 0.29) is 34.5 Å². The van der Waals surface area contributed by atoms with Gasteiger partial charge in [0.15, 0.2) is 9.84 Å². The predicted octanol–water partition coefficient (Wildman–Crippen LogP) is 0.533. The standard InChI is InChI=1S/C17H17N5O4S/c18-8-15(23)20-10-4-6-11(7-5-10)27(25,26)9-14-21-13-3-1-2-12(17(19)24)16(13)22-14/h1-7H,8-9,18H2,(H2,19,24)(H,20,23)(H,21,22). The van der Waals surface area contributed by atoms with Crippen LogP contribution in [-0.2, 0) is 20.4 Å². The molecule has 0 spiro atoms. The number of amides is 2. The summed E-state index contributed by atoms with van der Waals surface area (Å²) in [6, 6.07) is 10.6. The Bertz CT molecular complexity index is 1120. The summed E-state index contributed by atoms with van der Waals surface area (Å²) in [5, 5.41) is 2.53. The van der Waals surface area contributed by atoms with Gasteiger partial charge in [-0.1, -0.05) is 6.07 Å². The molecule has 0 unspecified atom stereocenters. The summed E-state index contributed by atoms with van der Waals surface area (Å²) in [6.07, 6.45) is 0. The lowest BCUT2D eigenvalue weighted by Gasteiger charge is -2.06. The van der Waals surface area contributed by atoms with Gasteiger partial charge in [-0.3, -0.25) is 9.59 Å². The molecule has 27 heavy (non-hydrogen) atoms. The molecule has 9 nitrogen and oxygen atoms in total. The Morgan fingerprint density at radius 3 is 2.44 bits per heavy atom. The van der Waals surface area contributed by atoms with Crippen LogP contribution in [0.15, 0.2) is 47.4 Å². The maximum Gasteiger partial charge on any atom is 0.250 e. The first kappa shape index (κ1) is 18.5. The normalized spacial score (nSPS) is 11.4. The molecule has 3 rings (SSSR count). The number of fused-ring (bicyclic) bond motifs is 1. The number of nitrogens with one attached hydrogen (secondary N) is 2. The largest absolute Gasteiger partial charge is 0.366 e. The number of sulfone groups is 1. The molecule has 0 saturated carbocycles. The van der Waals surface area contributed by atoms with Gasteiger partial charge in [0.1, 0.15) is 17.1 Å². The zero-order chi connectivity index (χ0) is 19.6. The first-order valence-corrected chi connectivity index (χ1v) is 9.55. The molecule has 1 heterocycles. The number of benzene rings is 2.